The molecule has 4 heteroatoms. The Hall–Kier alpha value is -0.770. The topological polar surface area (TPSA) is 41.6 Å². The summed E-state index contributed by atoms with van der Waals surface area (Å²) in [5.74, 6) is 1.99. The van der Waals surface area contributed by atoms with E-state index in [2.05, 4.69) is 19.2 Å². The highest BCUT2D eigenvalue weighted by atomic mass is 16.6. The molecule has 1 aliphatic heterocycles. The summed E-state index contributed by atoms with van der Waals surface area (Å²) in [6.07, 6.45) is -0.155. The van der Waals surface area contributed by atoms with Gasteiger partial charge >= 0.3 is 6.09 Å². The maximum atomic E-state index is 11.9. The van der Waals surface area contributed by atoms with Gasteiger partial charge in [0.25, 0.3) is 0 Å². The Morgan fingerprint density at radius 1 is 1.33 bits per heavy atom. The number of amides is 1. The Balaban J connectivity index is 1.72. The van der Waals surface area contributed by atoms with Crippen LogP contribution in [0.5, 0.6) is 0 Å². The van der Waals surface area contributed by atoms with Crippen molar-refractivity contribution in [3.63, 3.8) is 0 Å². The van der Waals surface area contributed by atoms with E-state index in [0.29, 0.717) is 23.8 Å². The SMILES string of the molecule is CC(C)CNC1C2CN(C(=O)OC(C)(C)C)CC21. The van der Waals surface area contributed by atoms with Crippen LogP contribution in [0.3, 0.4) is 0 Å². The molecule has 0 aromatic carbocycles. The second-order valence-electron chi connectivity index (χ2n) is 7.04. The minimum atomic E-state index is -0.390. The van der Waals surface area contributed by atoms with Gasteiger partial charge in [-0.05, 0) is 45.1 Å². The van der Waals surface area contributed by atoms with E-state index in [4.69, 9.17) is 4.74 Å². The van der Waals surface area contributed by atoms with Crippen molar-refractivity contribution in [3.05, 3.63) is 0 Å². The fraction of sp³-hybridized carbons (Fsp3) is 0.929. The van der Waals surface area contributed by atoms with Crippen molar-refractivity contribution in [3.8, 4) is 0 Å². The highest BCUT2D eigenvalue weighted by molar-refractivity contribution is 5.69. The second-order valence-corrected chi connectivity index (χ2v) is 7.04. The molecule has 2 unspecified atom stereocenters. The molecule has 18 heavy (non-hydrogen) atoms. The molecule has 0 radical (unpaired) electrons. The summed E-state index contributed by atoms with van der Waals surface area (Å²) in [6.45, 7) is 13.0. The summed E-state index contributed by atoms with van der Waals surface area (Å²) in [7, 11) is 0. The average Bonchev–Trinajstić information content (AvgIpc) is 2.67. The molecule has 2 fully saturated rings. The van der Waals surface area contributed by atoms with E-state index in [-0.39, 0.29) is 11.7 Å². The molecule has 1 saturated heterocycles. The van der Waals surface area contributed by atoms with Crippen LogP contribution in [0.15, 0.2) is 0 Å². The van der Waals surface area contributed by atoms with Crippen LogP contribution in [-0.2, 0) is 4.74 Å². The minimum Gasteiger partial charge on any atom is -0.444 e. The summed E-state index contributed by atoms with van der Waals surface area (Å²) in [5.41, 5.74) is -0.390. The third kappa shape index (κ3) is 3.16. The highest BCUT2D eigenvalue weighted by Crippen LogP contribution is 2.45. The number of nitrogens with one attached hydrogen (secondary N) is 1. The van der Waals surface area contributed by atoms with Gasteiger partial charge in [-0.3, -0.25) is 0 Å². The molecule has 1 N–H and O–H groups in total. The molecule has 104 valence electrons. The van der Waals surface area contributed by atoms with E-state index >= 15 is 0 Å². The van der Waals surface area contributed by atoms with Gasteiger partial charge in [-0.25, -0.2) is 4.79 Å². The molecule has 1 amide bonds. The summed E-state index contributed by atoms with van der Waals surface area (Å²) < 4.78 is 5.39. The molecule has 0 aromatic heterocycles. The lowest BCUT2D eigenvalue weighted by Gasteiger charge is -2.26. The lowest BCUT2D eigenvalue weighted by molar-refractivity contribution is 0.0269. The Bertz CT molecular complexity index is 310. The summed E-state index contributed by atoms with van der Waals surface area (Å²) >= 11 is 0. The van der Waals surface area contributed by atoms with Gasteiger partial charge in [0.2, 0.25) is 0 Å². The number of rotatable bonds is 3. The lowest BCUT2D eigenvalue weighted by Crippen LogP contribution is -2.39. The highest BCUT2D eigenvalue weighted by Gasteiger charge is 2.56. The molecule has 2 rings (SSSR count). The molecule has 0 bridgehead atoms. The molecule has 4 nitrogen and oxygen atoms in total. The number of hydrogen-bond acceptors (Lipinski definition) is 3. The van der Waals surface area contributed by atoms with Crippen molar-refractivity contribution in [2.75, 3.05) is 19.6 Å². The average molecular weight is 254 g/mol. The van der Waals surface area contributed by atoms with Crippen molar-refractivity contribution in [1.29, 1.82) is 0 Å². The van der Waals surface area contributed by atoms with Crippen molar-refractivity contribution in [2.24, 2.45) is 17.8 Å². The number of hydrogen-bond donors (Lipinski definition) is 1. The third-order valence-electron chi connectivity index (χ3n) is 3.61. The van der Waals surface area contributed by atoms with Crippen LogP contribution in [0.1, 0.15) is 34.6 Å². The standard InChI is InChI=1S/C14H26N2O2/c1-9(2)6-15-12-10-7-16(8-11(10)12)13(17)18-14(3,4)5/h9-12,15H,6-8H2,1-5H3. The fourth-order valence-corrected chi connectivity index (χ4v) is 2.68. The first kappa shape index (κ1) is 13.7. The predicted molar refractivity (Wildman–Crippen MR) is 71.4 cm³/mol. The Morgan fingerprint density at radius 3 is 2.33 bits per heavy atom. The van der Waals surface area contributed by atoms with E-state index < -0.39 is 0 Å². The van der Waals surface area contributed by atoms with Gasteiger partial charge in [0, 0.05) is 19.1 Å². The van der Waals surface area contributed by atoms with Gasteiger partial charge in [0.15, 0.2) is 0 Å². The molecule has 2 aliphatic rings. The maximum absolute atomic E-state index is 11.9. The van der Waals surface area contributed by atoms with Crippen LogP contribution in [0, 0.1) is 17.8 Å². The quantitative estimate of drug-likeness (QED) is 0.838. The van der Waals surface area contributed by atoms with Crippen LogP contribution in [0.25, 0.3) is 0 Å². The number of fused-ring (bicyclic) bond motifs is 1. The zero-order valence-electron chi connectivity index (χ0n) is 12.2. The smallest absolute Gasteiger partial charge is 0.410 e. The van der Waals surface area contributed by atoms with Gasteiger partial charge in [0.05, 0.1) is 0 Å². The number of carbonyl (C=O) groups is 1. The van der Waals surface area contributed by atoms with Crippen LogP contribution in [0.2, 0.25) is 0 Å². The first-order valence-corrected chi connectivity index (χ1v) is 6.99. The van der Waals surface area contributed by atoms with Gasteiger partial charge in [-0.15, -0.1) is 0 Å². The molecular formula is C14H26N2O2. The van der Waals surface area contributed by atoms with Crippen molar-refractivity contribution in [1.82, 2.24) is 10.2 Å². The predicted octanol–water partition coefficient (Wildman–Crippen LogP) is 2.10. The van der Waals surface area contributed by atoms with Crippen LogP contribution < -0.4 is 5.32 Å². The maximum Gasteiger partial charge on any atom is 0.410 e. The van der Waals surface area contributed by atoms with Crippen LogP contribution >= 0.6 is 0 Å². The van der Waals surface area contributed by atoms with Crippen molar-refractivity contribution in [2.45, 2.75) is 46.3 Å². The molecule has 2 atom stereocenters. The first-order valence-electron chi connectivity index (χ1n) is 6.99. The van der Waals surface area contributed by atoms with Gasteiger partial charge in [-0.2, -0.15) is 0 Å². The molecule has 1 aliphatic carbocycles. The van der Waals surface area contributed by atoms with E-state index in [1.165, 1.54) is 0 Å². The number of carbonyl (C=O) groups excluding carboxylic acids is 1. The van der Waals surface area contributed by atoms with Gasteiger partial charge < -0.3 is 15.0 Å². The fourth-order valence-electron chi connectivity index (χ4n) is 2.68. The van der Waals surface area contributed by atoms with E-state index in [1.807, 2.05) is 25.7 Å². The number of ether oxygens (including phenoxy) is 1. The Labute approximate surface area is 110 Å². The molecule has 1 saturated carbocycles. The molecular weight excluding hydrogens is 228 g/mol. The van der Waals surface area contributed by atoms with Gasteiger partial charge in [0.1, 0.15) is 5.60 Å². The first-order chi connectivity index (χ1) is 8.28. The Morgan fingerprint density at radius 2 is 1.89 bits per heavy atom. The van der Waals surface area contributed by atoms with E-state index in [9.17, 15) is 4.79 Å². The minimum absolute atomic E-state index is 0.155. The summed E-state index contributed by atoms with van der Waals surface area (Å²) in [6, 6.07) is 0.631. The normalized spacial score (nSPS) is 30.6. The van der Waals surface area contributed by atoms with Crippen molar-refractivity contribution < 1.29 is 9.53 Å². The zero-order chi connectivity index (χ0) is 13.5. The number of nitrogens with zero attached hydrogens (tertiary/aromatic N) is 1. The number of likely N-dealkylation sites (tertiary alicyclic amines) is 1. The third-order valence-corrected chi connectivity index (χ3v) is 3.61. The number of piperidine rings is 1. The van der Waals surface area contributed by atoms with Crippen molar-refractivity contribution >= 4 is 6.09 Å². The van der Waals surface area contributed by atoms with E-state index in [1.54, 1.807) is 0 Å². The van der Waals surface area contributed by atoms with Crippen LogP contribution in [0.4, 0.5) is 4.79 Å². The molecule has 0 spiro atoms. The summed E-state index contributed by atoms with van der Waals surface area (Å²) in [5, 5.41) is 3.59. The zero-order valence-corrected chi connectivity index (χ0v) is 12.2. The molecule has 0 aromatic rings. The van der Waals surface area contributed by atoms with E-state index in [0.717, 1.165) is 19.6 Å². The monoisotopic (exact) mass is 254 g/mol. The lowest BCUT2D eigenvalue weighted by atomic mass is 10.2. The van der Waals surface area contributed by atoms with Crippen LogP contribution in [-0.4, -0.2) is 42.3 Å². The summed E-state index contributed by atoms with van der Waals surface area (Å²) in [4.78, 5) is 13.7. The molecule has 1 heterocycles. The second kappa shape index (κ2) is 4.72. The Kier molecular flexibility index (Phi) is 3.58. The largest absolute Gasteiger partial charge is 0.444 e. The van der Waals surface area contributed by atoms with Gasteiger partial charge in [-0.1, -0.05) is 13.8 Å².